The Morgan fingerprint density at radius 3 is 1.15 bits per heavy atom. The van der Waals surface area contributed by atoms with E-state index in [0.29, 0.717) is 12.8 Å². The average molecular weight is 1500 g/mol. The van der Waals surface area contributed by atoms with Crippen molar-refractivity contribution in [2.45, 2.75) is 392 Å². The van der Waals surface area contributed by atoms with Crippen LogP contribution in [0.2, 0.25) is 0 Å². The maximum Gasteiger partial charge on any atom is 0.220 e. The van der Waals surface area contributed by atoms with Gasteiger partial charge in [-0.15, -0.1) is 0 Å². The third-order valence-corrected chi connectivity index (χ3v) is 20.4. The normalized spacial score (nSPS) is 34.8. The lowest BCUT2D eigenvalue weighted by Crippen LogP contribution is -2.70. The van der Waals surface area contributed by atoms with Gasteiger partial charge in [-0.1, -0.05) is 192 Å². The Kier molecular flexibility index (Phi) is 45.8. The first-order chi connectivity index (χ1) is 50.2. The number of nitrogens with one attached hydrogen (secondary N) is 2. The summed E-state index contributed by atoms with van der Waals surface area (Å²) in [5.74, 6) is -1.16. The van der Waals surface area contributed by atoms with Gasteiger partial charge in [-0.3, -0.25) is 9.59 Å². The van der Waals surface area contributed by atoms with Crippen LogP contribution in [0.3, 0.4) is 0 Å². The van der Waals surface area contributed by atoms with E-state index in [1.54, 1.807) is 6.08 Å². The first-order valence-corrected chi connectivity index (χ1v) is 39.1. The standard InChI is InChI=1S/C74H134N2O28/c1-4-6-8-10-12-14-16-18-19-20-21-22-23-24-25-27-29-31-33-35-37-39-54(84)76-47(48(83)38-36-34-32-30-28-26-17-15-13-11-9-7-5-2)45-95-71-63(92)61(90)67(53(44-81)100-71)102-74-64(93)68(57(86)50(41-78)98-74)103-70-55(75-46(3)82)59(88)66(52(43-80)99-70)101-73-65(94)69(58(87)51(42-79)97-73)104-72-62(91)60(89)56(85)49(40-77)96-72/h18-19,36,38,47-53,55-74,77-81,83,85-94H,4-17,20-35,37,39-45H2,1-3H3,(H,75,82)(H,76,84)/b19-18-,38-36+/t47-,48+,49?,50?,51?,52?,53?,55?,56-,57-,58-,59+,60-,61+,62?,63?,64?,65?,66+,67+,68-,69-,70-,71+,72+,73-,74-/m0/s1. The Hall–Kier alpha value is -2.62. The van der Waals surface area contributed by atoms with Gasteiger partial charge in [-0.25, -0.2) is 0 Å². The van der Waals surface area contributed by atoms with Crippen molar-refractivity contribution in [1.82, 2.24) is 10.6 Å². The Bertz CT molecular complexity index is 2300. The first-order valence-electron chi connectivity index (χ1n) is 39.1. The molecule has 608 valence electrons. The van der Waals surface area contributed by atoms with Gasteiger partial charge >= 0.3 is 0 Å². The SMILES string of the molecule is CCCCCCCC/C=C\CCCCCCCCCCCCCC(=O)N[C@@H](CO[C@@H]1OC(CO)[C@@H](O[C@@H]2OC(CO)[C@H](O)[C@H](O[C@@H]3OC(CO)[C@@H](O[C@@H]4OC(CO)[C@H](O)[C@H](O[C@H]5OC(CO)[C@H](O)[C@H](O)C5O)C4O)[C@H](O)C3NC(C)=O)C2O)[C@H](O)C1O)[C@H](O)/C=C/CCCCCCCCCCCCC. The summed E-state index contributed by atoms with van der Waals surface area (Å²) in [5, 5.41) is 181. The van der Waals surface area contributed by atoms with E-state index in [1.165, 1.54) is 128 Å². The lowest BCUT2D eigenvalue weighted by Gasteiger charge is -2.50. The molecule has 30 heteroatoms. The molecule has 0 aliphatic carbocycles. The highest BCUT2D eigenvalue weighted by Gasteiger charge is 2.57. The number of allylic oxidation sites excluding steroid dienone is 3. The predicted octanol–water partition coefficient (Wildman–Crippen LogP) is 1.72. The van der Waals surface area contributed by atoms with Crippen LogP contribution in [0.5, 0.6) is 0 Å². The highest BCUT2D eigenvalue weighted by atomic mass is 16.8. The van der Waals surface area contributed by atoms with Gasteiger partial charge in [-0.2, -0.15) is 0 Å². The number of aliphatic hydroxyl groups is 16. The molecule has 2 amide bonds. The van der Waals surface area contributed by atoms with Crippen LogP contribution in [0.15, 0.2) is 24.3 Å². The molecule has 0 bridgehead atoms. The smallest absolute Gasteiger partial charge is 0.220 e. The molecule has 18 N–H and O–H groups in total. The van der Waals surface area contributed by atoms with E-state index < -0.39 is 211 Å². The van der Waals surface area contributed by atoms with Crippen molar-refractivity contribution in [3.8, 4) is 0 Å². The highest BCUT2D eigenvalue weighted by Crippen LogP contribution is 2.37. The molecule has 10 unspecified atom stereocenters. The number of amides is 2. The summed E-state index contributed by atoms with van der Waals surface area (Å²) >= 11 is 0. The van der Waals surface area contributed by atoms with Crippen molar-refractivity contribution in [2.24, 2.45) is 0 Å². The van der Waals surface area contributed by atoms with Crippen molar-refractivity contribution >= 4 is 11.8 Å². The summed E-state index contributed by atoms with van der Waals surface area (Å²) in [5.41, 5.74) is 0. The van der Waals surface area contributed by atoms with E-state index in [0.717, 1.165) is 64.7 Å². The third-order valence-electron chi connectivity index (χ3n) is 20.4. The van der Waals surface area contributed by atoms with Crippen LogP contribution < -0.4 is 10.6 Å². The van der Waals surface area contributed by atoms with Gasteiger partial charge in [-0.05, 0) is 44.9 Å². The number of hydrogen-bond donors (Lipinski definition) is 18. The second-order valence-electron chi connectivity index (χ2n) is 28.9. The van der Waals surface area contributed by atoms with Gasteiger partial charge in [0.1, 0.15) is 122 Å². The van der Waals surface area contributed by atoms with Gasteiger partial charge in [0.05, 0.1) is 51.8 Å². The molecular weight excluding hydrogens is 1360 g/mol. The van der Waals surface area contributed by atoms with Crippen molar-refractivity contribution in [1.29, 1.82) is 0 Å². The zero-order valence-corrected chi connectivity index (χ0v) is 61.8. The number of aliphatic hydroxyl groups excluding tert-OH is 16. The topological polar surface area (TPSA) is 474 Å². The molecule has 27 atom stereocenters. The van der Waals surface area contributed by atoms with Crippen molar-refractivity contribution < 1.29 is 139 Å². The van der Waals surface area contributed by atoms with Crippen LogP contribution >= 0.6 is 0 Å². The fourth-order valence-electron chi connectivity index (χ4n) is 14.0. The minimum atomic E-state index is -2.15. The summed E-state index contributed by atoms with van der Waals surface area (Å²) in [6.45, 7) is 0.345. The van der Waals surface area contributed by atoms with E-state index in [1.807, 2.05) is 6.08 Å². The molecule has 5 saturated heterocycles. The fourth-order valence-corrected chi connectivity index (χ4v) is 14.0. The van der Waals surface area contributed by atoms with Crippen LogP contribution in [0.4, 0.5) is 0 Å². The second kappa shape index (κ2) is 51.8. The second-order valence-corrected chi connectivity index (χ2v) is 28.9. The van der Waals surface area contributed by atoms with Gasteiger partial charge in [0.25, 0.3) is 0 Å². The van der Waals surface area contributed by atoms with Gasteiger partial charge in [0.15, 0.2) is 31.5 Å². The number of unbranched alkanes of at least 4 members (excludes halogenated alkanes) is 28. The molecule has 5 rings (SSSR count). The molecule has 0 aromatic rings. The molecular formula is C74H134N2O28. The van der Waals surface area contributed by atoms with Crippen molar-refractivity contribution in [3.05, 3.63) is 24.3 Å². The van der Waals surface area contributed by atoms with Crippen LogP contribution in [0.1, 0.15) is 226 Å². The maximum atomic E-state index is 13.5. The van der Waals surface area contributed by atoms with E-state index in [4.69, 9.17) is 47.4 Å². The monoisotopic (exact) mass is 1500 g/mol. The largest absolute Gasteiger partial charge is 0.394 e. The van der Waals surface area contributed by atoms with E-state index >= 15 is 0 Å². The lowest BCUT2D eigenvalue weighted by atomic mass is 9.94. The lowest BCUT2D eigenvalue weighted by molar-refractivity contribution is -0.387. The molecule has 0 radical (unpaired) electrons. The zero-order chi connectivity index (χ0) is 75.9. The Labute approximate surface area is 614 Å². The minimum absolute atomic E-state index is 0.189. The molecule has 5 heterocycles. The first kappa shape index (κ1) is 92.0. The Morgan fingerprint density at radius 1 is 0.375 bits per heavy atom. The predicted molar refractivity (Wildman–Crippen MR) is 377 cm³/mol. The number of ether oxygens (including phenoxy) is 10. The van der Waals surface area contributed by atoms with Crippen LogP contribution in [-0.2, 0) is 57.0 Å². The molecule has 5 aliphatic heterocycles. The molecule has 104 heavy (non-hydrogen) atoms. The summed E-state index contributed by atoms with van der Waals surface area (Å²) in [4.78, 5) is 26.3. The van der Waals surface area contributed by atoms with Crippen molar-refractivity contribution in [3.63, 3.8) is 0 Å². The number of carbonyl (C=O) groups is 2. The van der Waals surface area contributed by atoms with E-state index in [-0.39, 0.29) is 12.3 Å². The Morgan fingerprint density at radius 2 is 0.721 bits per heavy atom. The molecule has 5 fully saturated rings. The summed E-state index contributed by atoms with van der Waals surface area (Å²) in [7, 11) is 0. The van der Waals surface area contributed by atoms with E-state index in [2.05, 4.69) is 36.6 Å². The summed E-state index contributed by atoms with van der Waals surface area (Å²) < 4.78 is 58.4. The van der Waals surface area contributed by atoms with Gasteiger partial charge in [0, 0.05) is 13.3 Å². The van der Waals surface area contributed by atoms with Gasteiger partial charge in [0.2, 0.25) is 11.8 Å². The fraction of sp³-hybridized carbons (Fsp3) is 0.919. The number of carbonyl (C=O) groups excluding carboxylic acids is 2. The molecule has 5 aliphatic rings. The molecule has 0 spiro atoms. The summed E-state index contributed by atoms with van der Waals surface area (Å²) in [6, 6.07) is -2.82. The van der Waals surface area contributed by atoms with E-state index in [9.17, 15) is 91.3 Å². The van der Waals surface area contributed by atoms with Crippen molar-refractivity contribution in [2.75, 3.05) is 39.6 Å². The number of rotatable bonds is 53. The average Bonchev–Trinajstić information content (AvgIpc) is 0.771. The highest BCUT2D eigenvalue weighted by molar-refractivity contribution is 5.76. The third kappa shape index (κ3) is 30.2. The minimum Gasteiger partial charge on any atom is -0.394 e. The zero-order valence-electron chi connectivity index (χ0n) is 61.8. The maximum absolute atomic E-state index is 13.5. The molecule has 30 nitrogen and oxygen atoms in total. The quantitative estimate of drug-likeness (QED) is 0.0304. The van der Waals surface area contributed by atoms with Crippen LogP contribution in [0.25, 0.3) is 0 Å². The van der Waals surface area contributed by atoms with Crippen LogP contribution in [-0.4, -0.2) is 299 Å². The number of hydrogen-bond acceptors (Lipinski definition) is 28. The molecule has 0 aromatic carbocycles. The molecule has 0 saturated carbocycles. The molecule has 0 aromatic heterocycles. The Balaban J connectivity index is 1.17. The van der Waals surface area contributed by atoms with Crippen LogP contribution in [0, 0.1) is 0 Å². The van der Waals surface area contributed by atoms with Gasteiger partial charge < -0.3 is 140 Å². The summed E-state index contributed by atoms with van der Waals surface area (Å²) in [6.07, 6.45) is -1.89.